The summed E-state index contributed by atoms with van der Waals surface area (Å²) in [5.74, 6) is -0.781. The van der Waals surface area contributed by atoms with Crippen LogP contribution in [0.5, 0.6) is 0 Å². The first kappa shape index (κ1) is 24.6. The van der Waals surface area contributed by atoms with Gasteiger partial charge in [0.15, 0.2) is 0 Å². The quantitative estimate of drug-likeness (QED) is 0.235. The van der Waals surface area contributed by atoms with Crippen LogP contribution in [-0.2, 0) is 25.5 Å². The topological polar surface area (TPSA) is 92.8 Å². The van der Waals surface area contributed by atoms with Crippen molar-refractivity contribution in [2.75, 3.05) is 11.9 Å². The van der Waals surface area contributed by atoms with Gasteiger partial charge in [-0.05, 0) is 66.3 Å². The third-order valence-corrected chi connectivity index (χ3v) is 8.70. The fraction of sp³-hybridized carbons (Fsp3) is 0.419. The monoisotopic (exact) mass is 512 g/mol. The van der Waals surface area contributed by atoms with Gasteiger partial charge in [0.1, 0.15) is 6.04 Å². The van der Waals surface area contributed by atoms with Crippen LogP contribution < -0.4 is 5.32 Å². The molecule has 3 fully saturated rings. The molecule has 38 heavy (non-hydrogen) atoms. The van der Waals surface area contributed by atoms with Crippen molar-refractivity contribution >= 4 is 29.4 Å². The van der Waals surface area contributed by atoms with Crippen molar-refractivity contribution in [3.05, 3.63) is 77.9 Å². The van der Waals surface area contributed by atoms with Crippen LogP contribution in [0.3, 0.4) is 0 Å². The summed E-state index contributed by atoms with van der Waals surface area (Å²) in [6.45, 7) is 2.39. The van der Waals surface area contributed by atoms with Gasteiger partial charge < -0.3 is 10.1 Å². The molecule has 0 spiro atoms. The average Bonchev–Trinajstić information content (AvgIpc) is 3.72. The molecule has 1 aliphatic heterocycles. The summed E-state index contributed by atoms with van der Waals surface area (Å²) in [5, 5.41) is 2.88. The molecule has 0 unspecified atom stereocenters. The average molecular weight is 513 g/mol. The highest BCUT2D eigenvalue weighted by molar-refractivity contribution is 6.10. The fourth-order valence-corrected chi connectivity index (χ4v) is 6.73. The molecule has 2 aromatic rings. The number of ether oxygens (including phenoxy) is 1. The number of carbonyl (C=O) groups excluding carboxylic acids is 4. The van der Waals surface area contributed by atoms with Crippen LogP contribution in [-0.4, -0.2) is 41.2 Å². The van der Waals surface area contributed by atoms with Crippen molar-refractivity contribution in [3.8, 4) is 0 Å². The van der Waals surface area contributed by atoms with Gasteiger partial charge in [0.2, 0.25) is 17.7 Å². The fourth-order valence-electron chi connectivity index (χ4n) is 6.73. The Morgan fingerprint density at radius 3 is 2.18 bits per heavy atom. The normalized spacial score (nSPS) is 29.0. The van der Waals surface area contributed by atoms with E-state index in [2.05, 4.69) is 17.5 Å². The Labute approximate surface area is 222 Å². The molecule has 5 aliphatic rings. The van der Waals surface area contributed by atoms with E-state index in [1.54, 1.807) is 24.3 Å². The van der Waals surface area contributed by atoms with E-state index in [4.69, 9.17) is 4.74 Å². The molecule has 3 amide bonds. The number of benzene rings is 2. The standard InChI is InChI=1S/C31H32N2O5/c1-2-3-15-38-31(37)19-9-11-20(12-10-19)32-28(34)25(16-18-7-5-4-6-8-18)33-29(35)26-21-13-14-22(24-17-23(21)24)27(26)30(33)36/h4-14,21-27H,2-3,15-17H2,1H3,(H,32,34)/t21-,22-,23-,24-,25-,26-,27+/m1/s1. The van der Waals surface area contributed by atoms with E-state index in [0.29, 0.717) is 29.7 Å². The Morgan fingerprint density at radius 1 is 0.947 bits per heavy atom. The van der Waals surface area contributed by atoms with Crippen LogP contribution in [0, 0.1) is 35.5 Å². The molecule has 1 heterocycles. The largest absolute Gasteiger partial charge is 0.462 e. The molecule has 1 saturated heterocycles. The summed E-state index contributed by atoms with van der Waals surface area (Å²) in [5.41, 5.74) is 1.75. The van der Waals surface area contributed by atoms with Crippen molar-refractivity contribution in [2.45, 2.75) is 38.6 Å². The zero-order valence-electron chi connectivity index (χ0n) is 21.4. The molecule has 2 saturated carbocycles. The van der Waals surface area contributed by atoms with Gasteiger partial charge in [-0.1, -0.05) is 55.8 Å². The third-order valence-electron chi connectivity index (χ3n) is 8.70. The number of anilines is 1. The van der Waals surface area contributed by atoms with Gasteiger partial charge in [-0.3, -0.25) is 19.3 Å². The summed E-state index contributed by atoms with van der Waals surface area (Å²) in [7, 11) is 0. The SMILES string of the molecule is CCCCOC(=O)c1ccc(NC(=O)[C@@H](Cc2ccccc2)N2C(=O)[C@@H]3[C@@H]4C=C[C@H]([C@H]5C[C@H]45)[C@@H]3C2=O)cc1. The number of hydrogen-bond acceptors (Lipinski definition) is 5. The summed E-state index contributed by atoms with van der Waals surface area (Å²) in [6, 6.07) is 15.0. The van der Waals surface area contributed by atoms with Crippen molar-refractivity contribution in [1.82, 2.24) is 4.90 Å². The summed E-state index contributed by atoms with van der Waals surface area (Å²) >= 11 is 0. The lowest BCUT2D eigenvalue weighted by atomic mass is 9.63. The number of nitrogens with one attached hydrogen (secondary N) is 1. The third kappa shape index (κ3) is 4.24. The lowest BCUT2D eigenvalue weighted by Gasteiger charge is -2.37. The number of amides is 3. The number of rotatable bonds is 9. The predicted octanol–water partition coefficient (Wildman–Crippen LogP) is 4.25. The van der Waals surface area contributed by atoms with E-state index >= 15 is 0 Å². The number of carbonyl (C=O) groups is 4. The number of esters is 1. The maximum atomic E-state index is 13.8. The predicted molar refractivity (Wildman–Crippen MR) is 141 cm³/mol. The minimum absolute atomic E-state index is 0.0986. The number of imide groups is 1. The van der Waals surface area contributed by atoms with Crippen molar-refractivity contribution in [2.24, 2.45) is 35.5 Å². The highest BCUT2D eigenvalue weighted by Crippen LogP contribution is 2.65. The minimum atomic E-state index is -0.961. The van der Waals surface area contributed by atoms with Gasteiger partial charge in [0.25, 0.3) is 0 Å². The molecule has 7 atom stereocenters. The molecule has 196 valence electrons. The highest BCUT2D eigenvalue weighted by atomic mass is 16.5. The maximum Gasteiger partial charge on any atom is 0.338 e. The maximum absolute atomic E-state index is 13.8. The minimum Gasteiger partial charge on any atom is -0.462 e. The van der Waals surface area contributed by atoms with E-state index in [1.165, 1.54) is 4.90 Å². The molecule has 7 nitrogen and oxygen atoms in total. The molecule has 1 N–H and O–H groups in total. The van der Waals surface area contributed by atoms with Crippen molar-refractivity contribution < 1.29 is 23.9 Å². The number of hydrogen-bond donors (Lipinski definition) is 1. The van der Waals surface area contributed by atoms with E-state index < -0.39 is 17.9 Å². The first-order chi connectivity index (χ1) is 18.5. The molecule has 7 heteroatoms. The second-order valence-corrected chi connectivity index (χ2v) is 11.0. The second kappa shape index (κ2) is 9.86. The van der Waals surface area contributed by atoms with Gasteiger partial charge in [0, 0.05) is 12.1 Å². The van der Waals surface area contributed by atoms with Crippen molar-refractivity contribution in [1.29, 1.82) is 0 Å². The Kier molecular flexibility index (Phi) is 6.38. The Morgan fingerprint density at radius 2 is 1.58 bits per heavy atom. The van der Waals surface area contributed by atoms with Crippen LogP contribution in [0.1, 0.15) is 42.1 Å². The molecule has 0 radical (unpaired) electrons. The van der Waals surface area contributed by atoms with Gasteiger partial charge in [0.05, 0.1) is 24.0 Å². The van der Waals surface area contributed by atoms with Crippen LogP contribution >= 0.6 is 0 Å². The zero-order chi connectivity index (χ0) is 26.4. The Hall–Kier alpha value is -3.74. The van der Waals surface area contributed by atoms with Gasteiger partial charge in [-0.2, -0.15) is 0 Å². The van der Waals surface area contributed by atoms with Gasteiger partial charge in [-0.25, -0.2) is 4.79 Å². The zero-order valence-corrected chi connectivity index (χ0v) is 21.4. The molecule has 4 aliphatic carbocycles. The number of allylic oxidation sites excluding steroid dienone is 2. The van der Waals surface area contributed by atoms with Crippen LogP contribution in [0.25, 0.3) is 0 Å². The van der Waals surface area contributed by atoms with Crippen LogP contribution in [0.4, 0.5) is 5.69 Å². The number of likely N-dealkylation sites (tertiary alicyclic amines) is 1. The first-order valence-electron chi connectivity index (χ1n) is 13.6. The molecule has 7 rings (SSSR count). The summed E-state index contributed by atoms with van der Waals surface area (Å²) < 4.78 is 5.25. The first-order valence-corrected chi connectivity index (χ1v) is 13.6. The lowest BCUT2D eigenvalue weighted by Crippen LogP contribution is -2.49. The van der Waals surface area contributed by atoms with E-state index in [9.17, 15) is 19.2 Å². The highest BCUT2D eigenvalue weighted by Gasteiger charge is 2.67. The number of unbranched alkanes of at least 4 members (excludes halogenated alkanes) is 1. The van der Waals surface area contributed by atoms with Crippen molar-refractivity contribution in [3.63, 3.8) is 0 Å². The molecule has 2 aromatic carbocycles. The molecule has 2 bridgehead atoms. The van der Waals surface area contributed by atoms with Crippen LogP contribution in [0.15, 0.2) is 66.7 Å². The molecule has 0 aromatic heterocycles. The Balaban J connectivity index is 1.22. The van der Waals surface area contributed by atoms with E-state index in [1.807, 2.05) is 37.3 Å². The smallest absolute Gasteiger partial charge is 0.338 e. The lowest BCUT2D eigenvalue weighted by molar-refractivity contribution is -0.146. The van der Waals surface area contributed by atoms with Gasteiger partial charge in [-0.15, -0.1) is 0 Å². The van der Waals surface area contributed by atoms with E-state index in [-0.39, 0.29) is 41.9 Å². The van der Waals surface area contributed by atoms with E-state index in [0.717, 1.165) is 24.8 Å². The van der Waals surface area contributed by atoms with Crippen LogP contribution in [0.2, 0.25) is 0 Å². The summed E-state index contributed by atoms with van der Waals surface area (Å²) in [4.78, 5) is 54.7. The molecular weight excluding hydrogens is 480 g/mol. The van der Waals surface area contributed by atoms with Gasteiger partial charge >= 0.3 is 5.97 Å². The summed E-state index contributed by atoms with van der Waals surface area (Å²) in [6.07, 6.45) is 7.33. The second-order valence-electron chi connectivity index (χ2n) is 11.0. The number of nitrogens with zero attached hydrogens (tertiary/aromatic N) is 1. The Bertz CT molecular complexity index is 1250. The molecular formula is C31H32N2O5.